The molecule has 1 aromatic carbocycles. The Morgan fingerprint density at radius 1 is 0.853 bits per heavy atom. The topological polar surface area (TPSA) is 127 Å². The van der Waals surface area contributed by atoms with Gasteiger partial charge in [0.25, 0.3) is 0 Å². The zero-order chi connectivity index (χ0) is 24.8. The first-order valence-electron chi connectivity index (χ1n) is 10.5. The molecule has 1 aromatic heterocycles. The van der Waals surface area contributed by atoms with Crippen LogP contribution in [-0.4, -0.2) is 65.3 Å². The summed E-state index contributed by atoms with van der Waals surface area (Å²) in [5, 5.41) is 2.35. The lowest BCUT2D eigenvalue weighted by Crippen LogP contribution is -2.61. The normalized spacial score (nSPS) is 24.2. The minimum absolute atomic E-state index is 0.280. The summed E-state index contributed by atoms with van der Waals surface area (Å²) in [6.45, 7) is 4.50. The van der Waals surface area contributed by atoms with Crippen molar-refractivity contribution in [3.05, 3.63) is 36.5 Å². The third-order valence-corrected chi connectivity index (χ3v) is 5.97. The van der Waals surface area contributed by atoms with Crippen LogP contribution >= 0.6 is 11.8 Å². The number of aromatic nitrogens is 1. The third kappa shape index (κ3) is 6.45. The van der Waals surface area contributed by atoms with Gasteiger partial charge in [-0.1, -0.05) is 36.0 Å². The summed E-state index contributed by atoms with van der Waals surface area (Å²) < 4.78 is 27.6. The maximum atomic E-state index is 12.0. The summed E-state index contributed by atoms with van der Waals surface area (Å²) in [5.41, 5.74) is -0.932. The Bertz CT molecular complexity index is 1070. The van der Waals surface area contributed by atoms with Gasteiger partial charge < -0.3 is 23.7 Å². The molecule has 0 radical (unpaired) electrons. The van der Waals surface area contributed by atoms with Gasteiger partial charge >= 0.3 is 23.9 Å². The van der Waals surface area contributed by atoms with Crippen molar-refractivity contribution in [1.29, 1.82) is 0 Å². The van der Waals surface area contributed by atoms with Gasteiger partial charge in [0.15, 0.2) is 23.7 Å². The lowest BCUT2D eigenvalue weighted by atomic mass is 9.99. The smallest absolute Gasteiger partial charge is 0.303 e. The van der Waals surface area contributed by atoms with Crippen LogP contribution in [0.5, 0.6) is 0 Å². The number of nitrogens with zero attached hydrogens (tertiary/aromatic N) is 1. The first-order valence-corrected chi connectivity index (χ1v) is 11.3. The third-order valence-electron chi connectivity index (χ3n) is 4.81. The van der Waals surface area contributed by atoms with Crippen molar-refractivity contribution in [2.24, 2.45) is 0 Å². The van der Waals surface area contributed by atoms with Gasteiger partial charge in [0, 0.05) is 39.3 Å². The second-order valence-electron chi connectivity index (χ2n) is 7.52. The second kappa shape index (κ2) is 11.3. The van der Waals surface area contributed by atoms with Crippen molar-refractivity contribution in [1.82, 2.24) is 4.98 Å². The number of carbonyl (C=O) groups excluding carboxylic acids is 4. The van der Waals surface area contributed by atoms with Gasteiger partial charge in [-0.3, -0.25) is 19.2 Å². The standard InChI is InChI=1S/C23H25NO9S/c1-12(25)29-11-18-19(30-13(2)26)20(31-14(3)27)21(32-15(4)28)23(33-18)34-22-17-8-6-5-7-16(17)9-10-24-22/h5-10,18-21,23H,11H2,1-4H3/t18-,19-,20+,21-,23+/m1/s1. The Kier molecular flexibility index (Phi) is 8.46. The monoisotopic (exact) mass is 491 g/mol. The van der Waals surface area contributed by atoms with Crippen LogP contribution in [0.4, 0.5) is 0 Å². The summed E-state index contributed by atoms with van der Waals surface area (Å²) >= 11 is 1.15. The largest absolute Gasteiger partial charge is 0.463 e. The first kappa shape index (κ1) is 25.4. The number of pyridine rings is 1. The Balaban J connectivity index is 2.03. The molecule has 3 rings (SSSR count). The molecule has 2 aromatic rings. The molecule has 0 amide bonds. The van der Waals surface area contributed by atoms with Crippen molar-refractivity contribution in [3.63, 3.8) is 0 Å². The highest BCUT2D eigenvalue weighted by Gasteiger charge is 2.52. The highest BCUT2D eigenvalue weighted by atomic mass is 32.2. The molecule has 5 atom stereocenters. The van der Waals surface area contributed by atoms with Gasteiger partial charge in [0.2, 0.25) is 0 Å². The van der Waals surface area contributed by atoms with Crippen molar-refractivity contribution in [2.45, 2.75) is 62.6 Å². The van der Waals surface area contributed by atoms with Crippen LogP contribution in [0, 0.1) is 0 Å². The molecule has 10 nitrogen and oxygen atoms in total. The van der Waals surface area contributed by atoms with Crippen LogP contribution < -0.4 is 0 Å². The van der Waals surface area contributed by atoms with E-state index in [9.17, 15) is 19.2 Å². The molecule has 182 valence electrons. The fourth-order valence-electron chi connectivity index (χ4n) is 3.58. The molecule has 0 unspecified atom stereocenters. The fraction of sp³-hybridized carbons (Fsp3) is 0.435. The SMILES string of the molecule is CC(=O)OC[C@H]1O[C@@H](Sc2nccc3ccccc23)[C@H](OC(C)=O)[C@@H](OC(C)=O)[C@@H]1OC(C)=O. The molecular weight excluding hydrogens is 466 g/mol. The molecule has 0 spiro atoms. The molecule has 0 aliphatic carbocycles. The van der Waals surface area contributed by atoms with Crippen molar-refractivity contribution in [2.75, 3.05) is 6.61 Å². The van der Waals surface area contributed by atoms with E-state index in [1.807, 2.05) is 30.3 Å². The van der Waals surface area contributed by atoms with Gasteiger partial charge in [-0.05, 0) is 11.5 Å². The highest BCUT2D eigenvalue weighted by molar-refractivity contribution is 8.00. The highest BCUT2D eigenvalue weighted by Crippen LogP contribution is 2.39. The molecule has 1 saturated heterocycles. The lowest BCUT2D eigenvalue weighted by molar-refractivity contribution is -0.237. The number of ether oxygens (including phenoxy) is 5. The fourth-order valence-corrected chi connectivity index (χ4v) is 4.78. The maximum Gasteiger partial charge on any atom is 0.303 e. The van der Waals surface area contributed by atoms with Gasteiger partial charge in [0.1, 0.15) is 17.7 Å². The molecular formula is C23H25NO9S. The van der Waals surface area contributed by atoms with Crippen LogP contribution in [0.25, 0.3) is 10.8 Å². The summed E-state index contributed by atoms with van der Waals surface area (Å²) in [7, 11) is 0. The second-order valence-corrected chi connectivity index (χ2v) is 8.61. The molecule has 0 N–H and O–H groups in total. The molecule has 11 heteroatoms. The van der Waals surface area contributed by atoms with E-state index in [0.717, 1.165) is 22.5 Å². The van der Waals surface area contributed by atoms with E-state index in [-0.39, 0.29) is 6.61 Å². The van der Waals surface area contributed by atoms with Crippen LogP contribution in [0.3, 0.4) is 0 Å². The van der Waals surface area contributed by atoms with Gasteiger partial charge in [0.05, 0.1) is 0 Å². The van der Waals surface area contributed by atoms with Crippen LogP contribution in [0.15, 0.2) is 41.6 Å². The van der Waals surface area contributed by atoms with Gasteiger partial charge in [-0.15, -0.1) is 0 Å². The summed E-state index contributed by atoms with van der Waals surface area (Å²) in [6, 6.07) is 9.42. The number of rotatable bonds is 7. The Labute approximate surface area is 200 Å². The van der Waals surface area contributed by atoms with Crippen LogP contribution in [-0.2, 0) is 42.9 Å². The predicted octanol–water partition coefficient (Wildman–Crippen LogP) is 2.41. The van der Waals surface area contributed by atoms with Crippen LogP contribution in [0.1, 0.15) is 27.7 Å². The Hall–Kier alpha value is -3.18. The Morgan fingerprint density at radius 2 is 1.47 bits per heavy atom. The van der Waals surface area contributed by atoms with Gasteiger partial charge in [-0.25, -0.2) is 4.98 Å². The van der Waals surface area contributed by atoms with E-state index < -0.39 is 53.7 Å². The number of fused-ring (bicyclic) bond motifs is 1. The maximum absolute atomic E-state index is 12.0. The molecule has 34 heavy (non-hydrogen) atoms. The van der Waals surface area contributed by atoms with E-state index in [1.165, 1.54) is 27.7 Å². The van der Waals surface area contributed by atoms with Crippen molar-refractivity contribution >= 4 is 46.4 Å². The van der Waals surface area contributed by atoms with Gasteiger partial charge in [-0.2, -0.15) is 0 Å². The number of hydrogen-bond acceptors (Lipinski definition) is 11. The van der Waals surface area contributed by atoms with E-state index in [4.69, 9.17) is 23.7 Å². The molecule has 2 heterocycles. The van der Waals surface area contributed by atoms with E-state index >= 15 is 0 Å². The molecule has 0 saturated carbocycles. The quantitative estimate of drug-likeness (QED) is 0.418. The Morgan fingerprint density at radius 3 is 2.12 bits per heavy atom. The van der Waals surface area contributed by atoms with E-state index in [2.05, 4.69) is 4.98 Å². The zero-order valence-corrected chi connectivity index (χ0v) is 19.9. The number of carbonyl (C=O) groups is 4. The molecule has 1 fully saturated rings. The molecule has 1 aliphatic heterocycles. The lowest BCUT2D eigenvalue weighted by Gasteiger charge is -2.44. The zero-order valence-electron chi connectivity index (χ0n) is 19.1. The molecule has 0 bridgehead atoms. The number of benzene rings is 1. The minimum atomic E-state index is -1.22. The van der Waals surface area contributed by atoms with E-state index in [0.29, 0.717) is 5.03 Å². The van der Waals surface area contributed by atoms with Crippen LogP contribution in [0.2, 0.25) is 0 Å². The summed E-state index contributed by atoms with van der Waals surface area (Å²) in [6.07, 6.45) is -2.92. The number of thioether (sulfide) groups is 1. The predicted molar refractivity (Wildman–Crippen MR) is 120 cm³/mol. The summed E-state index contributed by atoms with van der Waals surface area (Å²) in [4.78, 5) is 51.6. The summed E-state index contributed by atoms with van der Waals surface area (Å²) in [5.74, 6) is -2.58. The average Bonchev–Trinajstić information content (AvgIpc) is 2.75. The average molecular weight is 492 g/mol. The number of hydrogen-bond donors (Lipinski definition) is 0. The molecule has 1 aliphatic rings. The number of esters is 4. The first-order chi connectivity index (χ1) is 16.2. The van der Waals surface area contributed by atoms with E-state index in [1.54, 1.807) is 6.20 Å². The van der Waals surface area contributed by atoms with Crippen molar-refractivity contribution in [3.8, 4) is 0 Å². The van der Waals surface area contributed by atoms with Crippen molar-refractivity contribution < 1.29 is 42.9 Å². The minimum Gasteiger partial charge on any atom is -0.463 e.